The Labute approximate surface area is 119 Å². The first-order chi connectivity index (χ1) is 9.01. The van der Waals surface area contributed by atoms with E-state index in [0.29, 0.717) is 5.75 Å². The molecule has 6 heteroatoms. The number of thioether (sulfide) groups is 1. The number of amides is 2. The lowest BCUT2D eigenvalue weighted by molar-refractivity contribution is -0.141. The third kappa shape index (κ3) is 4.30. The highest BCUT2D eigenvalue weighted by atomic mass is 32.2. The largest absolute Gasteiger partial charge is 0.480 e. The molecule has 2 N–H and O–H groups in total. The van der Waals surface area contributed by atoms with Gasteiger partial charge in [0.15, 0.2) is 0 Å². The van der Waals surface area contributed by atoms with Gasteiger partial charge in [-0.15, -0.1) is 11.8 Å². The van der Waals surface area contributed by atoms with Gasteiger partial charge < -0.3 is 10.4 Å². The fourth-order valence-electron chi connectivity index (χ4n) is 2.21. The number of hydrogen-bond acceptors (Lipinski definition) is 3. The van der Waals surface area contributed by atoms with E-state index in [1.54, 1.807) is 11.8 Å². The van der Waals surface area contributed by atoms with Gasteiger partial charge in [0.2, 0.25) is 0 Å². The summed E-state index contributed by atoms with van der Waals surface area (Å²) in [7, 11) is 0. The summed E-state index contributed by atoms with van der Waals surface area (Å²) in [6.45, 7) is 6.05. The Kier molecular flexibility index (Phi) is 6.48. The van der Waals surface area contributed by atoms with Crippen LogP contribution in [0.25, 0.3) is 0 Å². The van der Waals surface area contributed by atoms with Crippen molar-refractivity contribution in [3.63, 3.8) is 0 Å². The van der Waals surface area contributed by atoms with E-state index >= 15 is 0 Å². The number of nitrogens with zero attached hydrogens (tertiary/aromatic N) is 1. The van der Waals surface area contributed by atoms with Gasteiger partial charge in [0, 0.05) is 11.8 Å². The van der Waals surface area contributed by atoms with Gasteiger partial charge in [0.1, 0.15) is 6.04 Å². The standard InChI is InChI=1S/C13H24N2O3S/c1-4-6-7-9(3)14-13(18)15-10(12(16)17)8-19-11(15)5-2/h9-11H,4-8H2,1-3H3,(H,14,18)(H,16,17). The van der Waals surface area contributed by atoms with Crippen LogP contribution in [0.15, 0.2) is 0 Å². The molecule has 3 atom stereocenters. The van der Waals surface area contributed by atoms with Gasteiger partial charge in [-0.1, -0.05) is 26.7 Å². The van der Waals surface area contributed by atoms with Gasteiger partial charge in [-0.05, 0) is 19.8 Å². The van der Waals surface area contributed by atoms with Crippen molar-refractivity contribution < 1.29 is 14.7 Å². The van der Waals surface area contributed by atoms with Crippen molar-refractivity contribution in [2.75, 3.05) is 5.75 Å². The summed E-state index contributed by atoms with van der Waals surface area (Å²) < 4.78 is 0. The van der Waals surface area contributed by atoms with Crippen LogP contribution in [0.5, 0.6) is 0 Å². The van der Waals surface area contributed by atoms with Crippen molar-refractivity contribution in [2.24, 2.45) is 0 Å². The minimum Gasteiger partial charge on any atom is -0.480 e. The third-order valence-electron chi connectivity index (χ3n) is 3.32. The lowest BCUT2D eigenvalue weighted by atomic mass is 10.1. The van der Waals surface area contributed by atoms with E-state index in [1.165, 1.54) is 4.90 Å². The van der Waals surface area contributed by atoms with Crippen LogP contribution in [0.1, 0.15) is 46.5 Å². The zero-order chi connectivity index (χ0) is 14.4. The molecule has 0 radical (unpaired) electrons. The minimum atomic E-state index is -0.917. The molecule has 1 aliphatic rings. The second-order valence-corrected chi connectivity index (χ2v) is 6.16. The molecule has 1 aliphatic heterocycles. The maximum absolute atomic E-state index is 12.2. The SMILES string of the molecule is CCCCC(C)NC(=O)N1C(CC)SCC1C(=O)O. The molecule has 0 saturated carbocycles. The topological polar surface area (TPSA) is 69.6 Å². The van der Waals surface area contributed by atoms with E-state index in [0.717, 1.165) is 25.7 Å². The van der Waals surface area contributed by atoms with Crippen molar-refractivity contribution >= 4 is 23.8 Å². The highest BCUT2D eigenvalue weighted by Crippen LogP contribution is 2.31. The van der Waals surface area contributed by atoms with Crippen LogP contribution in [0.3, 0.4) is 0 Å². The molecule has 0 aliphatic carbocycles. The Bertz CT molecular complexity index is 325. The van der Waals surface area contributed by atoms with E-state index in [9.17, 15) is 14.7 Å². The van der Waals surface area contributed by atoms with Crippen LogP contribution in [-0.4, -0.2) is 45.2 Å². The first-order valence-electron chi connectivity index (χ1n) is 6.94. The molecular formula is C13H24N2O3S. The zero-order valence-corrected chi connectivity index (χ0v) is 12.7. The lowest BCUT2D eigenvalue weighted by Crippen LogP contribution is -2.51. The minimum absolute atomic E-state index is 0.0283. The van der Waals surface area contributed by atoms with Crippen molar-refractivity contribution in [1.82, 2.24) is 10.2 Å². The van der Waals surface area contributed by atoms with Crippen molar-refractivity contribution in [1.29, 1.82) is 0 Å². The lowest BCUT2D eigenvalue weighted by Gasteiger charge is -2.28. The number of urea groups is 1. The predicted octanol–water partition coefficient (Wildman–Crippen LogP) is 2.51. The fraction of sp³-hybridized carbons (Fsp3) is 0.846. The molecule has 0 spiro atoms. The summed E-state index contributed by atoms with van der Waals surface area (Å²) in [5, 5.41) is 12.1. The number of rotatable bonds is 6. The molecule has 0 aromatic carbocycles. The molecule has 1 heterocycles. The van der Waals surface area contributed by atoms with Gasteiger partial charge in [0.05, 0.1) is 5.37 Å². The van der Waals surface area contributed by atoms with Crippen LogP contribution in [0.2, 0.25) is 0 Å². The van der Waals surface area contributed by atoms with Gasteiger partial charge in [-0.25, -0.2) is 9.59 Å². The van der Waals surface area contributed by atoms with E-state index in [-0.39, 0.29) is 17.4 Å². The summed E-state index contributed by atoms with van der Waals surface area (Å²) in [6.07, 6.45) is 3.85. The Morgan fingerprint density at radius 3 is 2.68 bits per heavy atom. The number of carboxylic acid groups (broad SMARTS) is 1. The highest BCUT2D eigenvalue weighted by molar-refractivity contribution is 8.00. The first kappa shape index (κ1) is 16.1. The number of nitrogens with one attached hydrogen (secondary N) is 1. The Morgan fingerprint density at radius 2 is 2.16 bits per heavy atom. The smallest absolute Gasteiger partial charge is 0.327 e. The maximum atomic E-state index is 12.2. The number of aliphatic carboxylic acids is 1. The molecule has 0 aromatic heterocycles. The average molecular weight is 288 g/mol. The molecular weight excluding hydrogens is 264 g/mol. The summed E-state index contributed by atoms with van der Waals surface area (Å²) in [6, 6.07) is -0.855. The summed E-state index contributed by atoms with van der Waals surface area (Å²) in [4.78, 5) is 24.9. The molecule has 1 rings (SSSR count). The van der Waals surface area contributed by atoms with E-state index in [2.05, 4.69) is 12.2 Å². The quantitative estimate of drug-likeness (QED) is 0.788. The Morgan fingerprint density at radius 1 is 1.47 bits per heavy atom. The first-order valence-corrected chi connectivity index (χ1v) is 7.99. The molecule has 1 fully saturated rings. The molecule has 3 unspecified atom stereocenters. The molecule has 19 heavy (non-hydrogen) atoms. The normalized spacial score (nSPS) is 24.3. The summed E-state index contributed by atoms with van der Waals surface area (Å²) >= 11 is 1.54. The number of carboxylic acids is 1. The fourth-order valence-corrected chi connectivity index (χ4v) is 3.56. The van der Waals surface area contributed by atoms with Crippen LogP contribution in [-0.2, 0) is 4.79 Å². The van der Waals surface area contributed by atoms with Crippen molar-refractivity contribution in [2.45, 2.75) is 63.9 Å². The highest BCUT2D eigenvalue weighted by Gasteiger charge is 2.40. The Hall–Kier alpha value is -0.910. The van der Waals surface area contributed by atoms with E-state index in [4.69, 9.17) is 0 Å². The van der Waals surface area contributed by atoms with Crippen molar-refractivity contribution in [3.8, 4) is 0 Å². The predicted molar refractivity (Wildman–Crippen MR) is 77.3 cm³/mol. The van der Waals surface area contributed by atoms with Crippen LogP contribution >= 0.6 is 11.8 Å². The monoisotopic (exact) mass is 288 g/mol. The average Bonchev–Trinajstić information content (AvgIpc) is 2.80. The van der Waals surface area contributed by atoms with Gasteiger partial charge in [-0.3, -0.25) is 4.90 Å². The third-order valence-corrected chi connectivity index (χ3v) is 4.78. The van der Waals surface area contributed by atoms with E-state index < -0.39 is 12.0 Å². The molecule has 1 saturated heterocycles. The van der Waals surface area contributed by atoms with Gasteiger partial charge in [-0.2, -0.15) is 0 Å². The van der Waals surface area contributed by atoms with Gasteiger partial charge in [0.25, 0.3) is 0 Å². The number of unbranched alkanes of at least 4 members (excludes halogenated alkanes) is 1. The van der Waals surface area contributed by atoms with Gasteiger partial charge >= 0.3 is 12.0 Å². The van der Waals surface area contributed by atoms with Crippen molar-refractivity contribution in [3.05, 3.63) is 0 Å². The molecule has 2 amide bonds. The summed E-state index contributed by atoms with van der Waals surface area (Å²) in [5.74, 6) is -0.440. The number of carbonyl (C=O) groups excluding carboxylic acids is 1. The number of hydrogen-bond donors (Lipinski definition) is 2. The molecule has 110 valence electrons. The van der Waals surface area contributed by atoms with E-state index in [1.807, 2.05) is 13.8 Å². The zero-order valence-electron chi connectivity index (χ0n) is 11.9. The molecule has 0 aromatic rings. The maximum Gasteiger partial charge on any atom is 0.327 e. The number of carbonyl (C=O) groups is 2. The molecule has 5 nitrogen and oxygen atoms in total. The van der Waals surface area contributed by atoms with Crippen LogP contribution in [0.4, 0.5) is 4.79 Å². The Balaban J connectivity index is 2.62. The van der Waals surface area contributed by atoms with Crippen LogP contribution in [0, 0.1) is 0 Å². The second kappa shape index (κ2) is 7.62. The molecule has 0 bridgehead atoms. The second-order valence-electron chi connectivity index (χ2n) is 4.95. The van der Waals surface area contributed by atoms with Crippen LogP contribution < -0.4 is 5.32 Å². The summed E-state index contributed by atoms with van der Waals surface area (Å²) in [5.41, 5.74) is 0.